The molecule has 1 N–H and O–H groups in total. The van der Waals surface area contributed by atoms with Crippen LogP contribution in [-0.4, -0.2) is 66.4 Å². The summed E-state index contributed by atoms with van der Waals surface area (Å²) in [4.78, 5) is 30.0. The summed E-state index contributed by atoms with van der Waals surface area (Å²) in [5.74, 6) is 2.45. The van der Waals surface area contributed by atoms with E-state index < -0.39 is 11.3 Å². The number of hydrogen-bond acceptors (Lipinski definition) is 6. The standard InChI is InChI=1S/C27H43FN6O2/c1-18(19-16-27(5,28)17-19)15-23(29-6)34(8)22-13-14-30-24(32-22)33(7)21-11-9-20(10-12-21)31-25(35)36-26(2,3)4/h13-15,19-21H,9-12,16-17H2,1-8H3,(H,31,35)/b18-15+,29-23+/t19?,20-,21-,27?. The monoisotopic (exact) mass is 502 g/mol. The SMILES string of the molecule is C/N=C(\C=C(/C)C1CC(C)(F)C1)N(C)c1ccnc(N(C)[C@H]2CC[C@H](NC(=O)OC(C)(C)C)CC2)n1. The highest BCUT2D eigenvalue weighted by Crippen LogP contribution is 2.44. The topological polar surface area (TPSA) is 83.0 Å². The second kappa shape index (κ2) is 11.1. The Morgan fingerprint density at radius 2 is 1.89 bits per heavy atom. The highest BCUT2D eigenvalue weighted by molar-refractivity contribution is 6.05. The van der Waals surface area contributed by atoms with Gasteiger partial charge in [-0.15, -0.1) is 0 Å². The van der Waals surface area contributed by atoms with Crippen LogP contribution in [0.15, 0.2) is 28.9 Å². The molecule has 3 rings (SSSR count). The highest BCUT2D eigenvalue weighted by Gasteiger charge is 2.41. The number of allylic oxidation sites excluding steroid dienone is 1. The van der Waals surface area contributed by atoms with E-state index in [9.17, 15) is 9.18 Å². The molecule has 2 saturated carbocycles. The van der Waals surface area contributed by atoms with Crippen molar-refractivity contribution in [2.75, 3.05) is 30.9 Å². The summed E-state index contributed by atoms with van der Waals surface area (Å²) in [5.41, 5.74) is -0.409. The van der Waals surface area contributed by atoms with Crippen LogP contribution in [0.1, 0.15) is 73.1 Å². The van der Waals surface area contributed by atoms with Crippen LogP contribution < -0.4 is 15.1 Å². The Balaban J connectivity index is 1.59. The molecule has 0 aromatic carbocycles. The molecule has 0 radical (unpaired) electrons. The van der Waals surface area contributed by atoms with E-state index in [1.54, 1.807) is 20.2 Å². The number of halogens is 1. The Hall–Kier alpha value is -2.71. The fraction of sp³-hybridized carbons (Fsp3) is 0.704. The van der Waals surface area contributed by atoms with Crippen molar-refractivity contribution in [3.05, 3.63) is 23.9 Å². The summed E-state index contributed by atoms with van der Waals surface area (Å²) in [5, 5.41) is 3.00. The third kappa shape index (κ3) is 7.40. The lowest BCUT2D eigenvalue weighted by molar-refractivity contribution is 0.0426. The van der Waals surface area contributed by atoms with E-state index in [1.807, 2.05) is 58.8 Å². The van der Waals surface area contributed by atoms with Gasteiger partial charge in [0.25, 0.3) is 0 Å². The molecule has 1 aromatic rings. The van der Waals surface area contributed by atoms with Gasteiger partial charge in [-0.05, 0) is 91.2 Å². The molecular formula is C27H43FN6O2. The Morgan fingerprint density at radius 3 is 2.44 bits per heavy atom. The highest BCUT2D eigenvalue weighted by atomic mass is 19.1. The van der Waals surface area contributed by atoms with Crippen molar-refractivity contribution < 1.29 is 13.9 Å². The third-order valence-electron chi connectivity index (χ3n) is 7.17. The summed E-state index contributed by atoms with van der Waals surface area (Å²) in [6, 6.07) is 2.28. The number of amides is 1. The zero-order valence-corrected chi connectivity index (χ0v) is 23.1. The second-order valence-corrected chi connectivity index (χ2v) is 11.5. The van der Waals surface area contributed by atoms with E-state index in [1.165, 1.54) is 0 Å². The van der Waals surface area contributed by atoms with Crippen molar-refractivity contribution in [3.8, 4) is 0 Å². The molecule has 2 fully saturated rings. The molecule has 1 amide bonds. The van der Waals surface area contributed by atoms with Crippen LogP contribution in [0.3, 0.4) is 0 Å². The van der Waals surface area contributed by atoms with Gasteiger partial charge < -0.3 is 19.9 Å². The molecule has 9 heteroatoms. The smallest absolute Gasteiger partial charge is 0.407 e. The van der Waals surface area contributed by atoms with E-state index >= 15 is 0 Å². The van der Waals surface area contributed by atoms with E-state index in [4.69, 9.17) is 9.72 Å². The number of carbonyl (C=O) groups is 1. The van der Waals surface area contributed by atoms with Crippen molar-refractivity contribution in [2.24, 2.45) is 10.9 Å². The predicted molar refractivity (Wildman–Crippen MR) is 144 cm³/mol. The Labute approximate surface area is 215 Å². The van der Waals surface area contributed by atoms with Crippen LogP contribution in [0.5, 0.6) is 0 Å². The van der Waals surface area contributed by atoms with Crippen LogP contribution in [0.25, 0.3) is 0 Å². The molecule has 0 spiro atoms. The zero-order chi connectivity index (χ0) is 26.7. The number of carbonyl (C=O) groups excluding carboxylic acids is 1. The minimum Gasteiger partial charge on any atom is -0.444 e. The van der Waals surface area contributed by atoms with E-state index in [-0.39, 0.29) is 24.1 Å². The van der Waals surface area contributed by atoms with Crippen molar-refractivity contribution in [3.63, 3.8) is 0 Å². The van der Waals surface area contributed by atoms with Crippen LogP contribution >= 0.6 is 0 Å². The molecule has 36 heavy (non-hydrogen) atoms. The van der Waals surface area contributed by atoms with Gasteiger partial charge in [-0.25, -0.2) is 14.2 Å². The first-order valence-corrected chi connectivity index (χ1v) is 12.9. The average Bonchev–Trinajstić information content (AvgIpc) is 2.79. The fourth-order valence-electron chi connectivity index (χ4n) is 4.98. The fourth-order valence-corrected chi connectivity index (χ4v) is 4.98. The van der Waals surface area contributed by atoms with Gasteiger partial charge in [0.1, 0.15) is 22.9 Å². The molecule has 0 unspecified atom stereocenters. The van der Waals surface area contributed by atoms with Crippen LogP contribution in [0.4, 0.5) is 21.0 Å². The number of likely N-dealkylation sites (N-methyl/N-ethyl adjacent to an activating group) is 1. The molecule has 0 bridgehead atoms. The summed E-state index contributed by atoms with van der Waals surface area (Å²) >= 11 is 0. The van der Waals surface area contributed by atoms with Crippen molar-refractivity contribution in [2.45, 2.75) is 96.5 Å². The van der Waals surface area contributed by atoms with Crippen LogP contribution in [0.2, 0.25) is 0 Å². The number of amidine groups is 1. The van der Waals surface area contributed by atoms with Gasteiger partial charge >= 0.3 is 6.09 Å². The van der Waals surface area contributed by atoms with E-state index in [2.05, 4.69) is 20.2 Å². The molecule has 0 aliphatic heterocycles. The molecular weight excluding hydrogens is 459 g/mol. The normalized spacial score (nSPS) is 27.2. The number of aromatic nitrogens is 2. The van der Waals surface area contributed by atoms with Gasteiger partial charge in [0.15, 0.2) is 0 Å². The van der Waals surface area contributed by atoms with Crippen molar-refractivity contribution in [1.29, 1.82) is 0 Å². The first kappa shape index (κ1) is 27.9. The lowest BCUT2D eigenvalue weighted by Gasteiger charge is -2.39. The maximum atomic E-state index is 14.0. The second-order valence-electron chi connectivity index (χ2n) is 11.5. The van der Waals surface area contributed by atoms with E-state index in [0.29, 0.717) is 18.8 Å². The molecule has 2 aliphatic rings. The zero-order valence-electron chi connectivity index (χ0n) is 23.1. The van der Waals surface area contributed by atoms with Gasteiger partial charge in [0, 0.05) is 39.4 Å². The lowest BCUT2D eigenvalue weighted by atomic mass is 9.70. The largest absolute Gasteiger partial charge is 0.444 e. The first-order chi connectivity index (χ1) is 16.8. The van der Waals surface area contributed by atoms with Crippen molar-refractivity contribution >= 4 is 23.7 Å². The number of nitrogens with zero attached hydrogens (tertiary/aromatic N) is 5. The number of hydrogen-bond donors (Lipinski definition) is 1. The minimum absolute atomic E-state index is 0.118. The maximum absolute atomic E-state index is 14.0. The summed E-state index contributed by atoms with van der Waals surface area (Å²) in [7, 11) is 5.72. The number of alkyl halides is 1. The minimum atomic E-state index is -1.05. The number of alkyl carbamates (subject to hydrolysis) is 1. The summed E-state index contributed by atoms with van der Waals surface area (Å²) < 4.78 is 19.3. The Bertz CT molecular complexity index is 971. The Kier molecular flexibility index (Phi) is 8.62. The molecule has 0 saturated heterocycles. The first-order valence-electron chi connectivity index (χ1n) is 12.9. The van der Waals surface area contributed by atoms with Crippen LogP contribution in [0, 0.1) is 5.92 Å². The summed E-state index contributed by atoms with van der Waals surface area (Å²) in [6.45, 7) is 9.32. The maximum Gasteiger partial charge on any atom is 0.407 e. The average molecular weight is 503 g/mol. The van der Waals surface area contributed by atoms with Gasteiger partial charge in [-0.3, -0.25) is 4.99 Å². The lowest BCUT2D eigenvalue weighted by Crippen LogP contribution is -2.44. The van der Waals surface area contributed by atoms with Crippen LogP contribution in [-0.2, 0) is 4.74 Å². The third-order valence-corrected chi connectivity index (χ3v) is 7.17. The quantitative estimate of drug-likeness (QED) is 0.420. The summed E-state index contributed by atoms with van der Waals surface area (Å²) in [6.07, 6.45) is 8.19. The molecule has 0 atom stereocenters. The number of ether oxygens (including phenoxy) is 1. The van der Waals surface area contributed by atoms with Gasteiger partial charge in [-0.2, -0.15) is 4.98 Å². The molecule has 2 aliphatic carbocycles. The predicted octanol–water partition coefficient (Wildman–Crippen LogP) is 5.30. The van der Waals surface area contributed by atoms with Crippen molar-refractivity contribution in [1.82, 2.24) is 15.3 Å². The number of anilines is 2. The molecule has 1 heterocycles. The molecule has 200 valence electrons. The molecule has 8 nitrogen and oxygen atoms in total. The molecule has 1 aromatic heterocycles. The van der Waals surface area contributed by atoms with Gasteiger partial charge in [0.05, 0.1) is 0 Å². The van der Waals surface area contributed by atoms with E-state index in [0.717, 1.165) is 42.9 Å². The Morgan fingerprint density at radius 1 is 1.25 bits per heavy atom. The number of nitrogens with one attached hydrogen (secondary N) is 1. The van der Waals surface area contributed by atoms with Gasteiger partial charge in [-0.1, -0.05) is 5.57 Å². The number of aliphatic imine (C=N–C) groups is 1. The number of rotatable bonds is 6. The van der Waals surface area contributed by atoms with Gasteiger partial charge in [0.2, 0.25) is 5.95 Å².